The van der Waals surface area contributed by atoms with E-state index in [4.69, 9.17) is 4.74 Å². The molecule has 0 heterocycles. The van der Waals surface area contributed by atoms with Crippen LogP contribution in [0.5, 0.6) is 5.75 Å². The van der Waals surface area contributed by atoms with Gasteiger partial charge < -0.3 is 4.74 Å². The van der Waals surface area contributed by atoms with E-state index in [2.05, 4.69) is 70.2 Å². The fourth-order valence-electron chi connectivity index (χ4n) is 3.07. The SMILES string of the molecule is COc1ccc(C(Br)=C=C2c3ccccc3-c3ccccc32)cc1. The van der Waals surface area contributed by atoms with Crippen LogP contribution in [-0.2, 0) is 0 Å². The molecule has 116 valence electrons. The Kier molecular flexibility index (Phi) is 3.86. The smallest absolute Gasteiger partial charge is 0.118 e. The van der Waals surface area contributed by atoms with Crippen LogP contribution in [0.3, 0.4) is 0 Å². The van der Waals surface area contributed by atoms with Crippen molar-refractivity contribution >= 4 is 26.0 Å². The van der Waals surface area contributed by atoms with Crippen LogP contribution in [0.4, 0.5) is 0 Å². The van der Waals surface area contributed by atoms with E-state index in [1.807, 2.05) is 24.3 Å². The highest BCUT2D eigenvalue weighted by atomic mass is 79.9. The number of hydrogen-bond donors (Lipinski definition) is 0. The first-order valence-corrected chi connectivity index (χ1v) is 8.57. The lowest BCUT2D eigenvalue weighted by Gasteiger charge is -2.02. The Morgan fingerprint density at radius 3 is 1.75 bits per heavy atom. The van der Waals surface area contributed by atoms with Crippen LogP contribution in [0.2, 0.25) is 0 Å². The maximum atomic E-state index is 5.23. The van der Waals surface area contributed by atoms with Crippen LogP contribution in [0.25, 0.3) is 21.2 Å². The topological polar surface area (TPSA) is 9.23 Å². The quantitative estimate of drug-likeness (QED) is 0.382. The molecule has 4 rings (SSSR count). The molecule has 0 bridgehead atoms. The second-order valence-electron chi connectivity index (χ2n) is 5.63. The van der Waals surface area contributed by atoms with E-state index in [0.29, 0.717) is 0 Å². The summed E-state index contributed by atoms with van der Waals surface area (Å²) in [5, 5.41) is 0. The standard InChI is InChI=1S/C22H15BrO/c1-24-16-12-10-15(11-13-16)22(23)14-21-19-8-4-2-6-17(19)18-7-3-5-9-20(18)21/h2-13H,1H3. The van der Waals surface area contributed by atoms with E-state index in [1.165, 1.54) is 22.3 Å². The van der Waals surface area contributed by atoms with Crippen LogP contribution in [0.15, 0.2) is 78.5 Å². The zero-order chi connectivity index (χ0) is 16.5. The van der Waals surface area contributed by atoms with E-state index in [-0.39, 0.29) is 0 Å². The largest absolute Gasteiger partial charge is 0.497 e. The summed E-state index contributed by atoms with van der Waals surface area (Å²) in [7, 11) is 1.67. The first kappa shape index (κ1) is 15.0. The molecule has 1 aliphatic rings. The average Bonchev–Trinajstić information content (AvgIpc) is 2.96. The van der Waals surface area contributed by atoms with Crippen LogP contribution in [-0.4, -0.2) is 7.11 Å². The third-order valence-electron chi connectivity index (χ3n) is 4.26. The van der Waals surface area contributed by atoms with Crippen molar-refractivity contribution in [3.63, 3.8) is 0 Å². The van der Waals surface area contributed by atoms with Crippen molar-refractivity contribution in [3.05, 3.63) is 95.2 Å². The van der Waals surface area contributed by atoms with Crippen molar-refractivity contribution in [1.82, 2.24) is 0 Å². The number of ether oxygens (including phenoxy) is 1. The highest BCUT2D eigenvalue weighted by Gasteiger charge is 2.22. The maximum absolute atomic E-state index is 5.23. The van der Waals surface area contributed by atoms with Gasteiger partial charge in [-0.15, -0.1) is 0 Å². The summed E-state index contributed by atoms with van der Waals surface area (Å²) in [6.07, 6.45) is 0. The molecule has 0 unspecified atom stereocenters. The Balaban J connectivity index is 1.92. The van der Waals surface area contributed by atoms with Gasteiger partial charge in [-0.2, -0.15) is 0 Å². The number of methoxy groups -OCH3 is 1. The van der Waals surface area contributed by atoms with Gasteiger partial charge in [-0.1, -0.05) is 54.3 Å². The zero-order valence-corrected chi connectivity index (χ0v) is 14.8. The fourth-order valence-corrected chi connectivity index (χ4v) is 3.53. The van der Waals surface area contributed by atoms with E-state index >= 15 is 0 Å². The van der Waals surface area contributed by atoms with E-state index in [0.717, 1.165) is 21.4 Å². The van der Waals surface area contributed by atoms with Crippen molar-refractivity contribution in [2.75, 3.05) is 7.11 Å². The van der Waals surface area contributed by atoms with Gasteiger partial charge in [0.25, 0.3) is 0 Å². The second kappa shape index (κ2) is 6.16. The summed E-state index contributed by atoms with van der Waals surface area (Å²) in [4.78, 5) is 0. The molecule has 0 aliphatic heterocycles. The van der Waals surface area contributed by atoms with Crippen molar-refractivity contribution in [3.8, 4) is 16.9 Å². The lowest BCUT2D eigenvalue weighted by atomic mass is 10.0. The molecule has 1 aliphatic carbocycles. The molecule has 0 spiro atoms. The predicted octanol–water partition coefficient (Wildman–Crippen LogP) is 6.14. The van der Waals surface area contributed by atoms with Gasteiger partial charge in [0.1, 0.15) is 5.75 Å². The van der Waals surface area contributed by atoms with Crippen LogP contribution in [0, 0.1) is 0 Å². The molecule has 0 aromatic heterocycles. The molecule has 0 amide bonds. The molecule has 1 nitrogen and oxygen atoms in total. The molecule has 0 atom stereocenters. The van der Waals surface area contributed by atoms with Gasteiger partial charge in [-0.25, -0.2) is 0 Å². The number of hydrogen-bond acceptors (Lipinski definition) is 1. The molecule has 2 heteroatoms. The van der Waals surface area contributed by atoms with E-state index in [1.54, 1.807) is 7.11 Å². The summed E-state index contributed by atoms with van der Waals surface area (Å²) in [5.74, 6) is 0.850. The number of halogens is 1. The monoisotopic (exact) mass is 374 g/mol. The van der Waals surface area contributed by atoms with Crippen LogP contribution < -0.4 is 4.74 Å². The lowest BCUT2D eigenvalue weighted by Crippen LogP contribution is -1.83. The first-order chi connectivity index (χ1) is 11.8. The van der Waals surface area contributed by atoms with Gasteiger partial charge >= 0.3 is 0 Å². The van der Waals surface area contributed by atoms with Crippen molar-refractivity contribution in [2.45, 2.75) is 0 Å². The summed E-state index contributed by atoms with van der Waals surface area (Å²) in [6, 6.07) is 25.0. The zero-order valence-electron chi connectivity index (χ0n) is 13.2. The minimum Gasteiger partial charge on any atom is -0.497 e. The van der Waals surface area contributed by atoms with Crippen molar-refractivity contribution in [1.29, 1.82) is 0 Å². The third kappa shape index (κ3) is 2.50. The van der Waals surface area contributed by atoms with Gasteiger partial charge in [-0.05, 0) is 68.0 Å². The lowest BCUT2D eigenvalue weighted by molar-refractivity contribution is 0.415. The highest BCUT2D eigenvalue weighted by Crippen LogP contribution is 2.44. The van der Waals surface area contributed by atoms with Gasteiger partial charge in [0.15, 0.2) is 0 Å². The molecular formula is C22H15BrO. The minimum atomic E-state index is 0.850. The summed E-state index contributed by atoms with van der Waals surface area (Å²) in [5.41, 5.74) is 10.7. The average molecular weight is 375 g/mol. The summed E-state index contributed by atoms with van der Waals surface area (Å²) < 4.78 is 6.16. The second-order valence-corrected chi connectivity index (χ2v) is 6.43. The van der Waals surface area contributed by atoms with E-state index < -0.39 is 0 Å². The van der Waals surface area contributed by atoms with Crippen molar-refractivity contribution < 1.29 is 4.74 Å². The number of rotatable bonds is 2. The van der Waals surface area contributed by atoms with Gasteiger partial charge in [0.2, 0.25) is 0 Å². The number of benzene rings is 3. The predicted molar refractivity (Wildman–Crippen MR) is 103 cm³/mol. The van der Waals surface area contributed by atoms with Crippen molar-refractivity contribution in [2.24, 2.45) is 0 Å². The van der Waals surface area contributed by atoms with Crippen LogP contribution in [0.1, 0.15) is 16.7 Å². The van der Waals surface area contributed by atoms with Gasteiger partial charge in [0.05, 0.1) is 11.6 Å². The Morgan fingerprint density at radius 1 is 0.750 bits per heavy atom. The Hall–Kier alpha value is -2.54. The molecule has 0 radical (unpaired) electrons. The maximum Gasteiger partial charge on any atom is 0.118 e. The first-order valence-electron chi connectivity index (χ1n) is 7.78. The summed E-state index contributed by atoms with van der Waals surface area (Å²) >= 11 is 3.69. The third-order valence-corrected chi connectivity index (χ3v) is 4.92. The Bertz CT molecular complexity index is 929. The Labute approximate surface area is 150 Å². The van der Waals surface area contributed by atoms with E-state index in [9.17, 15) is 0 Å². The minimum absolute atomic E-state index is 0.850. The van der Waals surface area contributed by atoms with Crippen LogP contribution >= 0.6 is 15.9 Å². The molecule has 3 aromatic carbocycles. The molecule has 24 heavy (non-hydrogen) atoms. The molecule has 0 fully saturated rings. The normalized spacial score (nSPS) is 11.5. The summed E-state index contributed by atoms with van der Waals surface area (Å²) in [6.45, 7) is 0. The highest BCUT2D eigenvalue weighted by molar-refractivity contribution is 9.15. The van der Waals surface area contributed by atoms with Gasteiger partial charge in [0, 0.05) is 5.57 Å². The Morgan fingerprint density at radius 2 is 1.25 bits per heavy atom. The molecule has 0 saturated heterocycles. The molecular weight excluding hydrogens is 360 g/mol. The molecule has 0 saturated carbocycles. The fraction of sp³-hybridized carbons (Fsp3) is 0.0455. The number of fused-ring (bicyclic) bond motifs is 3. The molecule has 0 N–H and O–H groups in total. The van der Waals surface area contributed by atoms with Gasteiger partial charge in [-0.3, -0.25) is 0 Å². The molecule has 3 aromatic rings.